The summed E-state index contributed by atoms with van der Waals surface area (Å²) in [4.78, 5) is 6.53. The van der Waals surface area contributed by atoms with E-state index in [0.717, 1.165) is 19.7 Å². The predicted octanol–water partition coefficient (Wildman–Crippen LogP) is 0.981. The number of nitrogens with one attached hydrogen (secondary N) is 1. The van der Waals surface area contributed by atoms with Crippen LogP contribution in [0.2, 0.25) is 0 Å². The van der Waals surface area contributed by atoms with Crippen LogP contribution in [0.15, 0.2) is 18.5 Å². The van der Waals surface area contributed by atoms with E-state index in [1.54, 1.807) is 0 Å². The number of aromatic nitrogens is 1. The molecule has 0 bridgehead atoms. The van der Waals surface area contributed by atoms with Gasteiger partial charge in [-0.05, 0) is 38.2 Å². The highest BCUT2D eigenvalue weighted by atomic mass is 16.5. The Kier molecular flexibility index (Phi) is 4.10. The van der Waals surface area contributed by atoms with Crippen LogP contribution in [0.25, 0.3) is 0 Å². The number of pyridine rings is 1. The lowest BCUT2D eigenvalue weighted by Gasteiger charge is -2.35. The molecule has 2 unspecified atom stereocenters. The number of likely N-dealkylation sites (N-methyl/N-ethyl adjacent to an activating group) is 2. The second kappa shape index (κ2) is 5.58. The van der Waals surface area contributed by atoms with Crippen molar-refractivity contribution < 1.29 is 4.74 Å². The van der Waals surface area contributed by atoms with E-state index in [0.29, 0.717) is 0 Å². The van der Waals surface area contributed by atoms with Crippen molar-refractivity contribution in [2.75, 3.05) is 33.8 Å². The molecular formula is C13H21N3O. The summed E-state index contributed by atoms with van der Waals surface area (Å²) in [7, 11) is 4.12. The lowest BCUT2D eigenvalue weighted by Crippen LogP contribution is -2.46. The fourth-order valence-corrected chi connectivity index (χ4v) is 2.36. The van der Waals surface area contributed by atoms with Gasteiger partial charge in [-0.2, -0.15) is 0 Å². The summed E-state index contributed by atoms with van der Waals surface area (Å²) in [6, 6.07) is 2.26. The second-order valence-electron chi connectivity index (χ2n) is 4.67. The Labute approximate surface area is 103 Å². The number of hydrogen-bond donors (Lipinski definition) is 1. The zero-order chi connectivity index (χ0) is 12.3. The zero-order valence-electron chi connectivity index (χ0n) is 10.8. The number of morpholine rings is 1. The van der Waals surface area contributed by atoms with E-state index in [-0.39, 0.29) is 12.1 Å². The largest absolute Gasteiger partial charge is 0.374 e. The Hall–Kier alpha value is -0.970. The van der Waals surface area contributed by atoms with Crippen LogP contribution in [0.1, 0.15) is 17.2 Å². The highest BCUT2D eigenvalue weighted by molar-refractivity contribution is 5.26. The molecule has 0 aromatic carbocycles. The monoisotopic (exact) mass is 235 g/mol. The molecule has 17 heavy (non-hydrogen) atoms. The summed E-state index contributed by atoms with van der Waals surface area (Å²) in [5.41, 5.74) is 2.49. The van der Waals surface area contributed by atoms with Crippen molar-refractivity contribution in [1.29, 1.82) is 0 Å². The van der Waals surface area contributed by atoms with Crippen LogP contribution in [-0.2, 0) is 4.74 Å². The smallest absolute Gasteiger partial charge is 0.0897 e. The molecule has 0 spiro atoms. The minimum atomic E-state index is 0.196. The molecular weight excluding hydrogens is 214 g/mol. The van der Waals surface area contributed by atoms with E-state index in [1.807, 2.05) is 25.5 Å². The van der Waals surface area contributed by atoms with Crippen molar-refractivity contribution in [3.63, 3.8) is 0 Å². The van der Waals surface area contributed by atoms with Crippen molar-refractivity contribution in [3.8, 4) is 0 Å². The molecule has 1 aromatic rings. The highest BCUT2D eigenvalue weighted by Crippen LogP contribution is 2.23. The van der Waals surface area contributed by atoms with Gasteiger partial charge in [0, 0.05) is 25.5 Å². The zero-order valence-corrected chi connectivity index (χ0v) is 10.8. The highest BCUT2D eigenvalue weighted by Gasteiger charge is 2.27. The van der Waals surface area contributed by atoms with Crippen LogP contribution < -0.4 is 5.32 Å². The molecule has 0 radical (unpaired) electrons. The summed E-state index contributed by atoms with van der Waals surface area (Å²) in [6.07, 6.45) is 3.97. The third kappa shape index (κ3) is 2.83. The summed E-state index contributed by atoms with van der Waals surface area (Å²) < 4.78 is 5.88. The Bertz CT molecular complexity index is 369. The molecule has 0 aliphatic carbocycles. The van der Waals surface area contributed by atoms with Gasteiger partial charge in [0.1, 0.15) is 0 Å². The third-order valence-electron chi connectivity index (χ3n) is 3.39. The van der Waals surface area contributed by atoms with E-state index in [1.165, 1.54) is 11.1 Å². The summed E-state index contributed by atoms with van der Waals surface area (Å²) in [5, 5.41) is 3.36. The quantitative estimate of drug-likeness (QED) is 0.847. The number of ether oxygens (including phenoxy) is 1. The van der Waals surface area contributed by atoms with E-state index < -0.39 is 0 Å². The van der Waals surface area contributed by atoms with Gasteiger partial charge in [-0.15, -0.1) is 0 Å². The standard InChI is InChI=1S/C13H21N3O/c1-10-4-5-15-8-11(10)13(14-2)12-9-16(3)6-7-17-12/h4-5,8,12-14H,6-7,9H2,1-3H3. The molecule has 94 valence electrons. The first-order valence-corrected chi connectivity index (χ1v) is 6.10. The van der Waals surface area contributed by atoms with Crippen LogP contribution in [0.3, 0.4) is 0 Å². The van der Waals surface area contributed by atoms with Crippen LogP contribution in [-0.4, -0.2) is 49.8 Å². The van der Waals surface area contributed by atoms with Gasteiger partial charge >= 0.3 is 0 Å². The molecule has 0 saturated carbocycles. The molecule has 4 nitrogen and oxygen atoms in total. The first-order valence-electron chi connectivity index (χ1n) is 6.10. The minimum absolute atomic E-state index is 0.196. The first-order chi connectivity index (χ1) is 8.22. The van der Waals surface area contributed by atoms with Gasteiger partial charge in [-0.1, -0.05) is 0 Å². The number of hydrogen-bond acceptors (Lipinski definition) is 4. The maximum absolute atomic E-state index is 5.88. The molecule has 0 amide bonds. The number of nitrogens with zero attached hydrogens (tertiary/aromatic N) is 2. The molecule has 1 fully saturated rings. The lowest BCUT2D eigenvalue weighted by atomic mass is 9.98. The summed E-state index contributed by atoms with van der Waals surface area (Å²) in [6.45, 7) is 4.89. The van der Waals surface area contributed by atoms with Crippen LogP contribution in [0, 0.1) is 6.92 Å². The third-order valence-corrected chi connectivity index (χ3v) is 3.39. The molecule has 1 aliphatic heterocycles. The van der Waals surface area contributed by atoms with E-state index in [2.05, 4.69) is 29.2 Å². The Morgan fingerprint density at radius 2 is 2.41 bits per heavy atom. The summed E-state index contributed by atoms with van der Waals surface area (Å²) in [5.74, 6) is 0. The van der Waals surface area contributed by atoms with E-state index in [9.17, 15) is 0 Å². The normalized spacial score (nSPS) is 23.6. The van der Waals surface area contributed by atoms with Crippen LogP contribution in [0.4, 0.5) is 0 Å². The SMILES string of the molecule is CNC(c1cnccc1C)C1CN(C)CCO1. The van der Waals surface area contributed by atoms with E-state index in [4.69, 9.17) is 4.74 Å². The molecule has 1 N–H and O–H groups in total. The van der Waals surface area contributed by atoms with Crippen molar-refractivity contribution in [3.05, 3.63) is 29.6 Å². The molecule has 2 atom stereocenters. The lowest BCUT2D eigenvalue weighted by molar-refractivity contribution is -0.0381. The number of rotatable bonds is 3. The van der Waals surface area contributed by atoms with E-state index >= 15 is 0 Å². The van der Waals surface area contributed by atoms with Crippen molar-refractivity contribution in [2.24, 2.45) is 0 Å². The molecule has 1 aliphatic rings. The van der Waals surface area contributed by atoms with Gasteiger partial charge in [0.05, 0.1) is 18.8 Å². The Morgan fingerprint density at radius 3 is 3.06 bits per heavy atom. The Balaban J connectivity index is 2.18. The molecule has 1 saturated heterocycles. The fourth-order valence-electron chi connectivity index (χ4n) is 2.36. The van der Waals surface area contributed by atoms with Crippen molar-refractivity contribution >= 4 is 0 Å². The van der Waals surface area contributed by atoms with Crippen molar-refractivity contribution in [2.45, 2.75) is 19.1 Å². The molecule has 1 aromatic heterocycles. The van der Waals surface area contributed by atoms with Crippen LogP contribution >= 0.6 is 0 Å². The van der Waals surface area contributed by atoms with Crippen molar-refractivity contribution in [1.82, 2.24) is 15.2 Å². The number of aryl methyl sites for hydroxylation is 1. The molecule has 4 heteroatoms. The van der Waals surface area contributed by atoms with Gasteiger partial charge in [-0.3, -0.25) is 4.98 Å². The summed E-state index contributed by atoms with van der Waals surface area (Å²) >= 11 is 0. The second-order valence-corrected chi connectivity index (χ2v) is 4.67. The maximum atomic E-state index is 5.88. The molecule has 2 rings (SSSR count). The Morgan fingerprint density at radius 1 is 1.59 bits per heavy atom. The van der Waals surface area contributed by atoms with Crippen LogP contribution in [0.5, 0.6) is 0 Å². The average molecular weight is 235 g/mol. The fraction of sp³-hybridized carbons (Fsp3) is 0.615. The van der Waals surface area contributed by atoms with Gasteiger partial charge in [0.25, 0.3) is 0 Å². The minimum Gasteiger partial charge on any atom is -0.374 e. The van der Waals surface area contributed by atoms with Gasteiger partial charge in [-0.25, -0.2) is 0 Å². The first kappa shape index (κ1) is 12.5. The average Bonchev–Trinajstić information content (AvgIpc) is 2.33. The molecule has 2 heterocycles. The van der Waals surface area contributed by atoms with Gasteiger partial charge < -0.3 is 15.0 Å². The van der Waals surface area contributed by atoms with Gasteiger partial charge in [0.15, 0.2) is 0 Å². The predicted molar refractivity (Wildman–Crippen MR) is 68.0 cm³/mol. The maximum Gasteiger partial charge on any atom is 0.0897 e. The topological polar surface area (TPSA) is 37.4 Å². The van der Waals surface area contributed by atoms with Gasteiger partial charge in [0.2, 0.25) is 0 Å².